The maximum absolute atomic E-state index is 12.0. The largest absolute Gasteiger partial charge is 0.494 e. The zero-order chi connectivity index (χ0) is 16.7. The fraction of sp³-hybridized carbons (Fsp3) is 0.316. The highest BCUT2D eigenvalue weighted by molar-refractivity contribution is 6.31. The lowest BCUT2D eigenvalue weighted by Crippen LogP contribution is -2.14. The van der Waals surface area contributed by atoms with Crippen LogP contribution in [-0.2, 0) is 11.2 Å². The molecular formula is C19H22ClNO2. The quantitative estimate of drug-likeness (QED) is 0.724. The summed E-state index contributed by atoms with van der Waals surface area (Å²) in [5.41, 5.74) is 3.03. The van der Waals surface area contributed by atoms with Crippen LogP contribution < -0.4 is 10.1 Å². The molecule has 0 spiro atoms. The molecule has 2 aromatic carbocycles. The summed E-state index contributed by atoms with van der Waals surface area (Å²) < 4.78 is 5.65. The van der Waals surface area contributed by atoms with E-state index in [4.69, 9.17) is 16.3 Å². The van der Waals surface area contributed by atoms with E-state index < -0.39 is 0 Å². The van der Waals surface area contributed by atoms with Gasteiger partial charge in [0.2, 0.25) is 5.91 Å². The molecule has 1 N–H and O–H groups in total. The summed E-state index contributed by atoms with van der Waals surface area (Å²) >= 11 is 5.98. The SMILES string of the molecule is CCc1ccccc1NC(=O)CCCOc1ccc(Cl)c(C)c1. The third-order valence-electron chi connectivity index (χ3n) is 3.62. The number of anilines is 1. The first-order chi connectivity index (χ1) is 11.1. The van der Waals surface area contributed by atoms with Gasteiger partial charge in [-0.2, -0.15) is 0 Å². The van der Waals surface area contributed by atoms with E-state index >= 15 is 0 Å². The van der Waals surface area contributed by atoms with Crippen LogP contribution in [0.25, 0.3) is 0 Å². The lowest BCUT2D eigenvalue weighted by molar-refractivity contribution is -0.116. The number of amides is 1. The second-order valence-electron chi connectivity index (χ2n) is 5.42. The van der Waals surface area contributed by atoms with Gasteiger partial charge < -0.3 is 10.1 Å². The van der Waals surface area contributed by atoms with Gasteiger partial charge in [0, 0.05) is 17.1 Å². The minimum atomic E-state index is 0.0155. The number of aryl methyl sites for hydroxylation is 2. The Labute approximate surface area is 142 Å². The summed E-state index contributed by atoms with van der Waals surface area (Å²) in [4.78, 5) is 12.0. The molecule has 0 aliphatic carbocycles. The Balaban J connectivity index is 1.75. The summed E-state index contributed by atoms with van der Waals surface area (Å²) in [7, 11) is 0. The first kappa shape index (κ1) is 17.4. The minimum Gasteiger partial charge on any atom is -0.494 e. The van der Waals surface area contributed by atoms with E-state index in [-0.39, 0.29) is 5.91 Å². The van der Waals surface area contributed by atoms with Crippen LogP contribution >= 0.6 is 11.6 Å². The molecule has 0 aliphatic heterocycles. The lowest BCUT2D eigenvalue weighted by Gasteiger charge is -2.10. The summed E-state index contributed by atoms with van der Waals surface area (Å²) in [6, 6.07) is 13.4. The van der Waals surface area contributed by atoms with Crippen molar-refractivity contribution in [2.45, 2.75) is 33.1 Å². The fourth-order valence-corrected chi connectivity index (χ4v) is 2.41. The molecule has 23 heavy (non-hydrogen) atoms. The van der Waals surface area contributed by atoms with E-state index in [1.54, 1.807) is 0 Å². The van der Waals surface area contributed by atoms with E-state index in [1.807, 2.05) is 49.4 Å². The summed E-state index contributed by atoms with van der Waals surface area (Å²) in [6.45, 7) is 4.52. The predicted molar refractivity (Wildman–Crippen MR) is 95.4 cm³/mol. The van der Waals surface area contributed by atoms with Gasteiger partial charge in [0.25, 0.3) is 0 Å². The highest BCUT2D eigenvalue weighted by Crippen LogP contribution is 2.21. The number of rotatable bonds is 7. The Morgan fingerprint density at radius 2 is 2.00 bits per heavy atom. The maximum atomic E-state index is 12.0. The fourth-order valence-electron chi connectivity index (χ4n) is 2.29. The second kappa shape index (κ2) is 8.59. The van der Waals surface area contributed by atoms with Crippen molar-refractivity contribution < 1.29 is 9.53 Å². The number of hydrogen-bond acceptors (Lipinski definition) is 2. The van der Waals surface area contributed by atoms with Crippen molar-refractivity contribution >= 4 is 23.2 Å². The topological polar surface area (TPSA) is 38.3 Å². The van der Waals surface area contributed by atoms with E-state index in [9.17, 15) is 4.79 Å². The molecule has 0 aliphatic rings. The van der Waals surface area contributed by atoms with Gasteiger partial charge in [0.1, 0.15) is 5.75 Å². The van der Waals surface area contributed by atoms with Crippen LogP contribution in [-0.4, -0.2) is 12.5 Å². The minimum absolute atomic E-state index is 0.0155. The van der Waals surface area contributed by atoms with Crippen LogP contribution in [0.5, 0.6) is 5.75 Å². The van der Waals surface area contributed by atoms with Gasteiger partial charge in [-0.25, -0.2) is 0 Å². The highest BCUT2D eigenvalue weighted by atomic mass is 35.5. The van der Waals surface area contributed by atoms with Crippen LogP contribution in [0.3, 0.4) is 0 Å². The van der Waals surface area contributed by atoms with E-state index in [0.717, 1.165) is 34.0 Å². The Morgan fingerprint density at radius 3 is 2.74 bits per heavy atom. The van der Waals surface area contributed by atoms with Gasteiger partial charge >= 0.3 is 0 Å². The molecule has 0 unspecified atom stereocenters. The van der Waals surface area contributed by atoms with Gasteiger partial charge in [0.15, 0.2) is 0 Å². The summed E-state index contributed by atoms with van der Waals surface area (Å²) in [6.07, 6.45) is 2.00. The number of para-hydroxylation sites is 1. The van der Waals surface area contributed by atoms with Gasteiger partial charge in [-0.15, -0.1) is 0 Å². The third-order valence-corrected chi connectivity index (χ3v) is 4.04. The average molecular weight is 332 g/mol. The van der Waals surface area contributed by atoms with Gasteiger partial charge in [-0.1, -0.05) is 36.7 Å². The molecule has 0 aromatic heterocycles. The molecule has 0 atom stereocenters. The number of halogens is 1. The number of nitrogens with one attached hydrogen (secondary N) is 1. The normalized spacial score (nSPS) is 10.4. The molecule has 1 amide bonds. The van der Waals surface area contributed by atoms with Crippen molar-refractivity contribution in [1.82, 2.24) is 0 Å². The zero-order valence-electron chi connectivity index (χ0n) is 13.6. The van der Waals surface area contributed by atoms with E-state index in [2.05, 4.69) is 12.2 Å². The summed E-state index contributed by atoms with van der Waals surface area (Å²) in [5.74, 6) is 0.797. The van der Waals surface area contributed by atoms with Gasteiger partial charge in [-0.3, -0.25) is 4.79 Å². The first-order valence-corrected chi connectivity index (χ1v) is 8.24. The van der Waals surface area contributed by atoms with Crippen LogP contribution in [0.2, 0.25) is 5.02 Å². The smallest absolute Gasteiger partial charge is 0.224 e. The van der Waals surface area contributed by atoms with Crippen molar-refractivity contribution in [2.75, 3.05) is 11.9 Å². The molecular weight excluding hydrogens is 310 g/mol. The van der Waals surface area contributed by atoms with Crippen LogP contribution in [0, 0.1) is 6.92 Å². The Hall–Kier alpha value is -2.00. The molecule has 2 rings (SSSR count). The lowest BCUT2D eigenvalue weighted by atomic mass is 10.1. The second-order valence-corrected chi connectivity index (χ2v) is 5.83. The number of ether oxygens (including phenoxy) is 1. The molecule has 0 saturated heterocycles. The molecule has 0 bridgehead atoms. The van der Waals surface area contributed by atoms with Gasteiger partial charge in [0.05, 0.1) is 6.61 Å². The first-order valence-electron chi connectivity index (χ1n) is 7.87. The van der Waals surface area contributed by atoms with Crippen molar-refractivity contribution in [2.24, 2.45) is 0 Å². The predicted octanol–water partition coefficient (Wildman–Crippen LogP) is 5.01. The van der Waals surface area contributed by atoms with Crippen molar-refractivity contribution in [3.05, 3.63) is 58.6 Å². The summed E-state index contributed by atoms with van der Waals surface area (Å²) in [5, 5.41) is 3.69. The van der Waals surface area contributed by atoms with Gasteiger partial charge in [-0.05, 0) is 55.2 Å². The standard InChI is InChI=1S/C19H22ClNO2/c1-3-15-7-4-5-8-18(15)21-19(22)9-6-12-23-16-10-11-17(20)14(2)13-16/h4-5,7-8,10-11,13H,3,6,9,12H2,1-2H3,(H,21,22). The Kier molecular flexibility index (Phi) is 6.48. The number of carbonyl (C=O) groups is 1. The number of benzene rings is 2. The monoisotopic (exact) mass is 331 g/mol. The third kappa shape index (κ3) is 5.29. The molecule has 0 heterocycles. The number of hydrogen-bond donors (Lipinski definition) is 1. The van der Waals surface area contributed by atoms with E-state index in [1.165, 1.54) is 0 Å². The maximum Gasteiger partial charge on any atom is 0.224 e. The van der Waals surface area contributed by atoms with Crippen molar-refractivity contribution in [3.8, 4) is 5.75 Å². The highest BCUT2D eigenvalue weighted by Gasteiger charge is 2.06. The van der Waals surface area contributed by atoms with Crippen molar-refractivity contribution in [3.63, 3.8) is 0 Å². The molecule has 2 aromatic rings. The van der Waals surface area contributed by atoms with Crippen LogP contribution in [0.1, 0.15) is 30.9 Å². The van der Waals surface area contributed by atoms with Crippen LogP contribution in [0.15, 0.2) is 42.5 Å². The number of carbonyl (C=O) groups excluding carboxylic acids is 1. The molecule has 0 saturated carbocycles. The molecule has 3 nitrogen and oxygen atoms in total. The molecule has 0 radical (unpaired) electrons. The average Bonchev–Trinajstić information content (AvgIpc) is 2.55. The Morgan fingerprint density at radius 1 is 1.22 bits per heavy atom. The molecule has 122 valence electrons. The Bertz CT molecular complexity index is 670. The van der Waals surface area contributed by atoms with Crippen LogP contribution in [0.4, 0.5) is 5.69 Å². The zero-order valence-corrected chi connectivity index (χ0v) is 14.3. The molecule has 0 fully saturated rings. The molecule has 4 heteroatoms. The van der Waals surface area contributed by atoms with Crippen molar-refractivity contribution in [1.29, 1.82) is 0 Å². The van der Waals surface area contributed by atoms with E-state index in [0.29, 0.717) is 19.4 Å².